The lowest BCUT2D eigenvalue weighted by molar-refractivity contribution is -0.121. The Morgan fingerprint density at radius 2 is 1.71 bits per heavy atom. The maximum Gasteiger partial charge on any atom is 0.224 e. The van der Waals surface area contributed by atoms with Gasteiger partial charge >= 0.3 is 0 Å². The Morgan fingerprint density at radius 3 is 2.46 bits per heavy atom. The second-order valence-electron chi connectivity index (χ2n) is 6.77. The number of fused-ring (bicyclic) bond motifs is 1. The van der Waals surface area contributed by atoms with E-state index in [1.54, 1.807) is 0 Å². The SMILES string of the molecule is CC(=O)[C@@H](N)CNC(=O)Cc1ccc(OCc2cccc3ccccc23)cc1. The highest BCUT2D eigenvalue weighted by Crippen LogP contribution is 2.21. The van der Waals surface area contributed by atoms with Gasteiger partial charge in [-0.25, -0.2) is 0 Å². The summed E-state index contributed by atoms with van der Waals surface area (Å²) in [5, 5.41) is 5.05. The van der Waals surface area contributed by atoms with Gasteiger partial charge in [-0.05, 0) is 41.0 Å². The highest BCUT2D eigenvalue weighted by atomic mass is 16.5. The summed E-state index contributed by atoms with van der Waals surface area (Å²) in [5.74, 6) is 0.435. The minimum absolute atomic E-state index is 0.145. The van der Waals surface area contributed by atoms with E-state index in [1.807, 2.05) is 42.5 Å². The van der Waals surface area contributed by atoms with E-state index in [-0.39, 0.29) is 24.7 Å². The fraction of sp³-hybridized carbons (Fsp3) is 0.217. The molecule has 0 saturated heterocycles. The first-order valence-electron chi connectivity index (χ1n) is 9.24. The lowest BCUT2D eigenvalue weighted by atomic mass is 10.1. The van der Waals surface area contributed by atoms with Gasteiger partial charge in [0.15, 0.2) is 0 Å². The Kier molecular flexibility index (Phi) is 6.40. The molecule has 0 fully saturated rings. The molecule has 0 unspecified atom stereocenters. The lowest BCUT2D eigenvalue weighted by Gasteiger charge is -2.11. The molecule has 5 nitrogen and oxygen atoms in total. The van der Waals surface area contributed by atoms with Gasteiger partial charge in [-0.15, -0.1) is 0 Å². The summed E-state index contributed by atoms with van der Waals surface area (Å²) in [7, 11) is 0. The molecule has 1 amide bonds. The maximum absolute atomic E-state index is 12.0. The zero-order valence-corrected chi connectivity index (χ0v) is 15.9. The van der Waals surface area contributed by atoms with Crippen LogP contribution in [-0.2, 0) is 22.6 Å². The first kappa shape index (κ1) is 19.6. The second kappa shape index (κ2) is 9.15. The molecule has 0 aliphatic carbocycles. The van der Waals surface area contributed by atoms with Crippen LogP contribution < -0.4 is 15.8 Å². The molecule has 0 bridgehead atoms. The summed E-state index contributed by atoms with van der Waals surface area (Å²) in [6.45, 7) is 2.04. The molecule has 3 aromatic carbocycles. The van der Waals surface area contributed by atoms with Crippen LogP contribution in [0.1, 0.15) is 18.1 Å². The van der Waals surface area contributed by atoms with Crippen molar-refractivity contribution in [2.45, 2.75) is 26.0 Å². The van der Waals surface area contributed by atoms with Crippen LogP contribution in [0.15, 0.2) is 66.7 Å². The van der Waals surface area contributed by atoms with E-state index in [0.29, 0.717) is 6.61 Å². The standard InChI is InChI=1S/C23H24N2O3/c1-16(26)22(24)14-25-23(27)13-17-9-11-20(12-10-17)28-15-19-7-4-6-18-5-2-3-8-21(18)19/h2-12,22H,13-15,24H2,1H3,(H,25,27)/t22-/m0/s1. The molecule has 0 radical (unpaired) electrons. The van der Waals surface area contributed by atoms with Gasteiger partial charge in [0.2, 0.25) is 5.91 Å². The third-order valence-corrected chi connectivity index (χ3v) is 4.60. The Labute approximate surface area is 164 Å². The van der Waals surface area contributed by atoms with Crippen molar-refractivity contribution in [2.75, 3.05) is 6.54 Å². The molecular weight excluding hydrogens is 352 g/mol. The second-order valence-corrected chi connectivity index (χ2v) is 6.77. The van der Waals surface area contributed by atoms with Gasteiger partial charge in [0, 0.05) is 6.54 Å². The lowest BCUT2D eigenvalue weighted by Crippen LogP contribution is -2.41. The molecule has 5 heteroatoms. The van der Waals surface area contributed by atoms with Crippen molar-refractivity contribution >= 4 is 22.5 Å². The summed E-state index contributed by atoms with van der Waals surface area (Å²) >= 11 is 0. The van der Waals surface area contributed by atoms with E-state index in [9.17, 15) is 9.59 Å². The van der Waals surface area contributed by atoms with Crippen molar-refractivity contribution in [1.29, 1.82) is 0 Å². The predicted octanol–water partition coefficient (Wildman–Crippen LogP) is 2.99. The number of hydrogen-bond acceptors (Lipinski definition) is 4. The highest BCUT2D eigenvalue weighted by molar-refractivity contribution is 5.85. The minimum atomic E-state index is -0.659. The van der Waals surface area contributed by atoms with Crippen LogP contribution in [0.3, 0.4) is 0 Å². The summed E-state index contributed by atoms with van der Waals surface area (Å²) in [6, 6.07) is 21.2. The van der Waals surface area contributed by atoms with Crippen molar-refractivity contribution in [1.82, 2.24) is 5.32 Å². The molecule has 0 saturated carbocycles. The third kappa shape index (κ3) is 5.18. The quantitative estimate of drug-likeness (QED) is 0.633. The monoisotopic (exact) mass is 376 g/mol. The average Bonchev–Trinajstić information content (AvgIpc) is 2.71. The van der Waals surface area contributed by atoms with Crippen molar-refractivity contribution in [3.05, 3.63) is 77.9 Å². The van der Waals surface area contributed by atoms with Crippen molar-refractivity contribution in [2.24, 2.45) is 5.73 Å². The third-order valence-electron chi connectivity index (χ3n) is 4.60. The number of rotatable bonds is 8. The number of nitrogens with two attached hydrogens (primary N) is 1. The van der Waals surface area contributed by atoms with Gasteiger partial charge in [0.1, 0.15) is 18.1 Å². The predicted molar refractivity (Wildman–Crippen MR) is 110 cm³/mol. The molecule has 0 aromatic heterocycles. The Balaban J connectivity index is 1.54. The first-order chi connectivity index (χ1) is 13.5. The largest absolute Gasteiger partial charge is 0.489 e. The number of Topliss-reactive ketones (excluding diaryl/α,β-unsaturated/α-hetero) is 1. The van der Waals surface area contributed by atoms with E-state index in [4.69, 9.17) is 10.5 Å². The zero-order valence-electron chi connectivity index (χ0n) is 15.9. The van der Waals surface area contributed by atoms with E-state index >= 15 is 0 Å². The van der Waals surface area contributed by atoms with Crippen molar-refractivity contribution in [3.63, 3.8) is 0 Å². The van der Waals surface area contributed by atoms with E-state index in [2.05, 4.69) is 29.6 Å². The number of carbonyl (C=O) groups excluding carboxylic acids is 2. The maximum atomic E-state index is 12.0. The summed E-state index contributed by atoms with van der Waals surface area (Å²) in [6.07, 6.45) is 0.230. The smallest absolute Gasteiger partial charge is 0.224 e. The molecule has 0 aliphatic heterocycles. The number of ketones is 1. The number of ether oxygens (including phenoxy) is 1. The molecule has 0 aliphatic rings. The van der Waals surface area contributed by atoms with Gasteiger partial charge < -0.3 is 15.8 Å². The van der Waals surface area contributed by atoms with Crippen LogP contribution in [0, 0.1) is 0 Å². The summed E-state index contributed by atoms with van der Waals surface area (Å²) in [5.41, 5.74) is 7.61. The molecule has 3 rings (SSSR count). The Bertz CT molecular complexity index is 962. The van der Waals surface area contributed by atoms with Crippen LogP contribution in [-0.4, -0.2) is 24.3 Å². The van der Waals surface area contributed by atoms with Crippen LogP contribution in [0.4, 0.5) is 0 Å². The normalized spacial score (nSPS) is 11.8. The number of amides is 1. The first-order valence-corrected chi connectivity index (χ1v) is 9.24. The number of carbonyl (C=O) groups is 2. The molecule has 1 atom stereocenters. The van der Waals surface area contributed by atoms with E-state index in [0.717, 1.165) is 16.9 Å². The number of nitrogens with one attached hydrogen (secondary N) is 1. The molecule has 0 heterocycles. The van der Waals surface area contributed by atoms with Crippen molar-refractivity contribution < 1.29 is 14.3 Å². The van der Waals surface area contributed by atoms with Gasteiger partial charge in [-0.3, -0.25) is 9.59 Å². The van der Waals surface area contributed by atoms with Gasteiger partial charge in [-0.1, -0.05) is 54.6 Å². The van der Waals surface area contributed by atoms with Gasteiger partial charge in [-0.2, -0.15) is 0 Å². The molecular formula is C23H24N2O3. The molecule has 3 aromatic rings. The minimum Gasteiger partial charge on any atom is -0.489 e. The molecule has 28 heavy (non-hydrogen) atoms. The van der Waals surface area contributed by atoms with Crippen LogP contribution >= 0.6 is 0 Å². The highest BCUT2D eigenvalue weighted by Gasteiger charge is 2.10. The Morgan fingerprint density at radius 1 is 1.00 bits per heavy atom. The van der Waals surface area contributed by atoms with E-state index < -0.39 is 6.04 Å². The van der Waals surface area contributed by atoms with Crippen molar-refractivity contribution in [3.8, 4) is 5.75 Å². The summed E-state index contributed by atoms with van der Waals surface area (Å²) in [4.78, 5) is 23.0. The molecule has 3 N–H and O–H groups in total. The average molecular weight is 376 g/mol. The topological polar surface area (TPSA) is 81.4 Å². The van der Waals surface area contributed by atoms with Crippen LogP contribution in [0.25, 0.3) is 10.8 Å². The fourth-order valence-corrected chi connectivity index (χ4v) is 2.90. The Hall–Kier alpha value is -3.18. The molecule has 144 valence electrons. The number of benzene rings is 3. The van der Waals surface area contributed by atoms with Gasteiger partial charge in [0.05, 0.1) is 12.5 Å². The van der Waals surface area contributed by atoms with Gasteiger partial charge in [0.25, 0.3) is 0 Å². The fourth-order valence-electron chi connectivity index (χ4n) is 2.90. The molecule has 0 spiro atoms. The van der Waals surface area contributed by atoms with Crippen LogP contribution in [0.5, 0.6) is 5.75 Å². The zero-order chi connectivity index (χ0) is 19.9. The summed E-state index contributed by atoms with van der Waals surface area (Å²) < 4.78 is 5.91. The number of hydrogen-bond donors (Lipinski definition) is 2. The van der Waals surface area contributed by atoms with E-state index in [1.165, 1.54) is 17.7 Å². The van der Waals surface area contributed by atoms with Crippen LogP contribution in [0.2, 0.25) is 0 Å².